The Morgan fingerprint density at radius 3 is 2.41 bits per heavy atom. The van der Waals surface area contributed by atoms with Gasteiger partial charge in [-0.3, -0.25) is 0 Å². The van der Waals surface area contributed by atoms with Gasteiger partial charge in [-0.25, -0.2) is 0 Å². The van der Waals surface area contributed by atoms with E-state index in [1.165, 1.54) is 16.7 Å². The molecule has 0 amide bonds. The van der Waals surface area contributed by atoms with Crippen molar-refractivity contribution in [3.05, 3.63) is 65.3 Å². The third-order valence-corrected chi connectivity index (χ3v) is 2.56. The first-order chi connectivity index (χ1) is 8.18. The molecule has 0 bridgehead atoms. The van der Waals surface area contributed by atoms with Gasteiger partial charge in [0.2, 0.25) is 0 Å². The normalized spacial score (nSPS) is 11.8. The lowest BCUT2D eigenvalue weighted by molar-refractivity contribution is 0.967. The van der Waals surface area contributed by atoms with Crippen LogP contribution in [-0.2, 0) is 0 Å². The Morgan fingerprint density at radius 2 is 1.76 bits per heavy atom. The highest BCUT2D eigenvalue weighted by molar-refractivity contribution is 5.50. The molecule has 0 heterocycles. The van der Waals surface area contributed by atoms with Crippen molar-refractivity contribution < 1.29 is 0 Å². The van der Waals surface area contributed by atoms with Gasteiger partial charge in [-0.2, -0.15) is 0 Å². The van der Waals surface area contributed by atoms with Crippen molar-refractivity contribution in [2.45, 2.75) is 33.6 Å². The van der Waals surface area contributed by atoms with Crippen LogP contribution in [-0.4, -0.2) is 0 Å². The Morgan fingerprint density at radius 1 is 1.06 bits per heavy atom. The molecule has 1 rings (SSSR count). The van der Waals surface area contributed by atoms with Gasteiger partial charge in [0.05, 0.1) is 0 Å². The zero-order valence-electron chi connectivity index (χ0n) is 11.1. The second-order valence-corrected chi connectivity index (χ2v) is 4.60. The van der Waals surface area contributed by atoms with Gasteiger partial charge < -0.3 is 0 Å². The molecule has 0 saturated carbocycles. The van der Waals surface area contributed by atoms with Crippen LogP contribution in [0.5, 0.6) is 0 Å². The number of hydrogen-bond donors (Lipinski definition) is 0. The van der Waals surface area contributed by atoms with E-state index >= 15 is 0 Å². The summed E-state index contributed by atoms with van der Waals surface area (Å²) in [6.07, 6.45) is 11.1. The van der Waals surface area contributed by atoms with Gasteiger partial charge in [0.25, 0.3) is 0 Å². The Balaban J connectivity index is 2.42. The third-order valence-electron chi connectivity index (χ3n) is 2.56. The highest BCUT2D eigenvalue weighted by atomic mass is 13.9. The number of rotatable bonds is 5. The monoisotopic (exact) mass is 226 g/mol. The molecule has 0 nitrogen and oxygen atoms in total. The SMILES string of the molecule is CC(C)=CCCC(C)=CC=Cc1ccccc1. The van der Waals surface area contributed by atoms with Gasteiger partial charge in [-0.05, 0) is 39.2 Å². The predicted octanol–water partition coefficient (Wildman–Crippen LogP) is 5.39. The quantitative estimate of drug-likeness (QED) is 0.466. The van der Waals surface area contributed by atoms with Crippen LogP contribution in [0.3, 0.4) is 0 Å². The van der Waals surface area contributed by atoms with Crippen molar-refractivity contribution in [2.75, 3.05) is 0 Å². The second kappa shape index (κ2) is 7.67. The first-order valence-electron chi connectivity index (χ1n) is 6.21. The Labute approximate surface area is 105 Å². The van der Waals surface area contributed by atoms with Gasteiger partial charge >= 0.3 is 0 Å². The summed E-state index contributed by atoms with van der Waals surface area (Å²) in [6, 6.07) is 10.4. The number of hydrogen-bond acceptors (Lipinski definition) is 0. The van der Waals surface area contributed by atoms with Gasteiger partial charge in [-0.15, -0.1) is 0 Å². The smallest absolute Gasteiger partial charge is 0.0257 e. The summed E-state index contributed by atoms with van der Waals surface area (Å²) in [4.78, 5) is 0. The molecule has 17 heavy (non-hydrogen) atoms. The van der Waals surface area contributed by atoms with Crippen molar-refractivity contribution in [2.24, 2.45) is 0 Å². The molecular weight excluding hydrogens is 204 g/mol. The minimum Gasteiger partial charge on any atom is -0.0856 e. The molecule has 0 fully saturated rings. The third kappa shape index (κ3) is 6.57. The molecule has 0 aliphatic rings. The van der Waals surface area contributed by atoms with E-state index in [1.54, 1.807) is 0 Å². The van der Waals surface area contributed by atoms with Gasteiger partial charge in [0, 0.05) is 0 Å². The average molecular weight is 226 g/mol. The molecule has 90 valence electrons. The number of benzene rings is 1. The fourth-order valence-electron chi connectivity index (χ4n) is 1.56. The molecule has 0 aromatic heterocycles. The molecule has 0 N–H and O–H groups in total. The fraction of sp³-hybridized carbons (Fsp3) is 0.294. The first kappa shape index (κ1) is 13.5. The van der Waals surface area contributed by atoms with Gasteiger partial charge in [-0.1, -0.05) is 65.8 Å². The minimum atomic E-state index is 1.14. The molecule has 0 radical (unpaired) electrons. The lowest BCUT2D eigenvalue weighted by atomic mass is 10.1. The average Bonchev–Trinajstić information content (AvgIpc) is 2.30. The van der Waals surface area contributed by atoms with Crippen molar-refractivity contribution in [3.8, 4) is 0 Å². The van der Waals surface area contributed by atoms with Crippen molar-refractivity contribution in [1.82, 2.24) is 0 Å². The summed E-state index contributed by atoms with van der Waals surface area (Å²) in [6.45, 7) is 6.48. The van der Waals surface area contributed by atoms with Crippen LogP contribution in [0.25, 0.3) is 6.08 Å². The first-order valence-corrected chi connectivity index (χ1v) is 6.21. The Bertz CT molecular complexity index is 401. The van der Waals surface area contributed by atoms with Crippen LogP contribution in [0.4, 0.5) is 0 Å². The lowest BCUT2D eigenvalue weighted by Crippen LogP contribution is -1.76. The summed E-state index contributed by atoms with van der Waals surface area (Å²) < 4.78 is 0. The van der Waals surface area contributed by atoms with Crippen LogP contribution in [0.15, 0.2) is 59.7 Å². The lowest BCUT2D eigenvalue weighted by Gasteiger charge is -1.96. The van der Waals surface area contributed by atoms with Crippen LogP contribution in [0.2, 0.25) is 0 Å². The van der Waals surface area contributed by atoms with E-state index in [1.807, 2.05) is 6.07 Å². The molecule has 0 aliphatic heterocycles. The topological polar surface area (TPSA) is 0 Å². The molecule has 1 aromatic rings. The van der Waals surface area contributed by atoms with E-state index in [4.69, 9.17) is 0 Å². The van der Waals surface area contributed by atoms with E-state index in [0.29, 0.717) is 0 Å². The largest absolute Gasteiger partial charge is 0.0856 e. The zero-order valence-corrected chi connectivity index (χ0v) is 11.1. The molecular formula is C17H22. The molecule has 0 spiro atoms. The maximum Gasteiger partial charge on any atom is -0.0257 e. The molecule has 1 aromatic carbocycles. The summed E-state index contributed by atoms with van der Waals surface area (Å²) in [7, 11) is 0. The van der Waals surface area contributed by atoms with E-state index in [2.05, 4.69) is 69.3 Å². The Hall–Kier alpha value is -1.56. The van der Waals surface area contributed by atoms with Crippen LogP contribution >= 0.6 is 0 Å². The standard InChI is InChI=1S/C17H22/c1-15(2)9-7-10-16(3)11-8-14-17-12-5-4-6-13-17/h4-6,8-9,11-14H,7,10H2,1-3H3. The summed E-state index contributed by atoms with van der Waals surface area (Å²) in [5, 5.41) is 0. The maximum atomic E-state index is 2.29. The summed E-state index contributed by atoms with van der Waals surface area (Å²) in [5.41, 5.74) is 4.08. The van der Waals surface area contributed by atoms with Crippen molar-refractivity contribution >= 4 is 6.08 Å². The fourth-order valence-corrected chi connectivity index (χ4v) is 1.56. The van der Waals surface area contributed by atoms with E-state index in [-0.39, 0.29) is 0 Å². The molecule has 0 atom stereocenters. The zero-order chi connectivity index (χ0) is 12.5. The van der Waals surface area contributed by atoms with Crippen molar-refractivity contribution in [1.29, 1.82) is 0 Å². The van der Waals surface area contributed by atoms with Crippen molar-refractivity contribution in [3.63, 3.8) is 0 Å². The molecule has 0 aliphatic carbocycles. The minimum absolute atomic E-state index is 1.14. The van der Waals surface area contributed by atoms with E-state index in [0.717, 1.165) is 12.8 Å². The molecule has 0 saturated heterocycles. The van der Waals surface area contributed by atoms with Crippen LogP contribution in [0, 0.1) is 0 Å². The van der Waals surface area contributed by atoms with Crippen LogP contribution < -0.4 is 0 Å². The van der Waals surface area contributed by atoms with E-state index in [9.17, 15) is 0 Å². The second-order valence-electron chi connectivity index (χ2n) is 4.60. The van der Waals surface area contributed by atoms with E-state index < -0.39 is 0 Å². The number of allylic oxidation sites excluding steroid dienone is 5. The maximum absolute atomic E-state index is 2.29. The molecule has 0 heteroatoms. The predicted molar refractivity (Wildman–Crippen MR) is 77.9 cm³/mol. The summed E-state index contributed by atoms with van der Waals surface area (Å²) in [5.74, 6) is 0. The highest BCUT2D eigenvalue weighted by Crippen LogP contribution is 2.08. The highest BCUT2D eigenvalue weighted by Gasteiger charge is 1.87. The van der Waals surface area contributed by atoms with Gasteiger partial charge in [0.1, 0.15) is 0 Å². The van der Waals surface area contributed by atoms with Gasteiger partial charge in [0.15, 0.2) is 0 Å². The summed E-state index contributed by atoms with van der Waals surface area (Å²) >= 11 is 0. The van der Waals surface area contributed by atoms with Crippen LogP contribution in [0.1, 0.15) is 39.2 Å². The Kier molecular flexibility index (Phi) is 6.09. The molecule has 0 unspecified atom stereocenters.